The van der Waals surface area contributed by atoms with Gasteiger partial charge in [-0.05, 0) is 36.8 Å². The second-order valence-electron chi connectivity index (χ2n) is 7.11. The molecule has 0 N–H and O–H groups in total. The van der Waals surface area contributed by atoms with Gasteiger partial charge in [-0.2, -0.15) is 0 Å². The molecule has 0 aromatic heterocycles. The van der Waals surface area contributed by atoms with E-state index in [1.54, 1.807) is 4.31 Å². The van der Waals surface area contributed by atoms with Crippen molar-refractivity contribution < 1.29 is 13.2 Å². The molecule has 1 heterocycles. The van der Waals surface area contributed by atoms with Crippen LogP contribution in [0.25, 0.3) is 0 Å². The Labute approximate surface area is 156 Å². The van der Waals surface area contributed by atoms with E-state index in [1.807, 2.05) is 61.5 Å². The molecule has 2 aromatic rings. The molecule has 0 amide bonds. The van der Waals surface area contributed by atoms with Crippen LogP contribution in [0.1, 0.15) is 29.5 Å². The molecule has 3 rings (SSSR count). The van der Waals surface area contributed by atoms with E-state index in [0.29, 0.717) is 26.3 Å². The fraction of sp³-hybridized carbons (Fsp3) is 0.429. The van der Waals surface area contributed by atoms with Gasteiger partial charge in [0.15, 0.2) is 0 Å². The monoisotopic (exact) mass is 373 g/mol. The fourth-order valence-corrected chi connectivity index (χ4v) is 5.07. The lowest BCUT2D eigenvalue weighted by molar-refractivity contribution is 0.0672. The van der Waals surface area contributed by atoms with Gasteiger partial charge in [-0.3, -0.25) is 0 Å². The summed E-state index contributed by atoms with van der Waals surface area (Å²) >= 11 is 0. The van der Waals surface area contributed by atoms with Gasteiger partial charge in [-0.15, -0.1) is 0 Å². The summed E-state index contributed by atoms with van der Waals surface area (Å²) in [6.07, 6.45) is 1.91. The Kier molecular flexibility index (Phi) is 6.46. The number of ether oxygens (including phenoxy) is 1. The summed E-state index contributed by atoms with van der Waals surface area (Å²) in [7, 11) is -3.29. The van der Waals surface area contributed by atoms with Gasteiger partial charge < -0.3 is 4.74 Å². The van der Waals surface area contributed by atoms with Crippen molar-refractivity contribution in [2.24, 2.45) is 5.92 Å². The first-order chi connectivity index (χ1) is 12.5. The van der Waals surface area contributed by atoms with Crippen molar-refractivity contribution in [3.8, 4) is 0 Å². The fourth-order valence-electron chi connectivity index (χ4n) is 3.44. The Morgan fingerprint density at radius 3 is 2.62 bits per heavy atom. The minimum Gasteiger partial charge on any atom is -0.376 e. The second kappa shape index (κ2) is 8.80. The second-order valence-corrected chi connectivity index (χ2v) is 9.08. The predicted octanol–water partition coefficient (Wildman–Crippen LogP) is 3.75. The Morgan fingerprint density at radius 1 is 1.08 bits per heavy atom. The Hall–Kier alpha value is -1.69. The van der Waals surface area contributed by atoms with Crippen molar-refractivity contribution in [1.29, 1.82) is 0 Å². The first kappa shape index (κ1) is 19.1. The van der Waals surface area contributed by atoms with Crippen LogP contribution in [0.4, 0.5) is 0 Å². The number of hydrogen-bond donors (Lipinski definition) is 0. The van der Waals surface area contributed by atoms with Crippen LogP contribution in [0.5, 0.6) is 0 Å². The topological polar surface area (TPSA) is 46.6 Å². The van der Waals surface area contributed by atoms with Gasteiger partial charge in [0.2, 0.25) is 10.0 Å². The van der Waals surface area contributed by atoms with E-state index >= 15 is 0 Å². The summed E-state index contributed by atoms with van der Waals surface area (Å²) < 4.78 is 33.1. The molecule has 0 saturated carbocycles. The van der Waals surface area contributed by atoms with Crippen LogP contribution in [-0.4, -0.2) is 32.4 Å². The number of rotatable bonds is 7. The summed E-state index contributed by atoms with van der Waals surface area (Å²) in [6, 6.07) is 17.8. The first-order valence-corrected chi connectivity index (χ1v) is 10.8. The summed E-state index contributed by atoms with van der Waals surface area (Å²) in [4.78, 5) is 0. The summed E-state index contributed by atoms with van der Waals surface area (Å²) in [5, 5.41) is 0. The van der Waals surface area contributed by atoms with Crippen molar-refractivity contribution in [3.05, 3.63) is 71.3 Å². The number of sulfonamides is 1. The molecule has 140 valence electrons. The third kappa shape index (κ3) is 5.40. The minimum absolute atomic E-state index is 0.0757. The van der Waals surface area contributed by atoms with Crippen LogP contribution >= 0.6 is 0 Å². The van der Waals surface area contributed by atoms with Crippen molar-refractivity contribution in [2.45, 2.75) is 32.1 Å². The Morgan fingerprint density at radius 2 is 1.85 bits per heavy atom. The molecular formula is C21H27NO3S. The number of aryl methyl sites for hydroxylation is 1. The van der Waals surface area contributed by atoms with Crippen molar-refractivity contribution >= 4 is 10.0 Å². The predicted molar refractivity (Wildman–Crippen MR) is 104 cm³/mol. The molecule has 1 fully saturated rings. The standard InChI is InChI=1S/C21H27NO3S/c1-18-7-5-10-20(13-18)17-26(23,24)22-12-6-11-21(14-22)16-25-15-19-8-3-2-4-9-19/h2-5,7-10,13,21H,6,11-12,14-17H2,1H3. The highest BCUT2D eigenvalue weighted by atomic mass is 32.2. The molecule has 1 aliphatic rings. The van der Waals surface area contributed by atoms with Crippen LogP contribution in [0.15, 0.2) is 54.6 Å². The van der Waals surface area contributed by atoms with E-state index in [4.69, 9.17) is 4.74 Å². The van der Waals surface area contributed by atoms with E-state index in [-0.39, 0.29) is 11.7 Å². The first-order valence-electron chi connectivity index (χ1n) is 9.18. The molecule has 0 aliphatic carbocycles. The molecule has 1 aliphatic heterocycles. The van der Waals surface area contributed by atoms with Crippen LogP contribution in [-0.2, 0) is 27.1 Å². The van der Waals surface area contributed by atoms with Crippen LogP contribution in [0.3, 0.4) is 0 Å². The molecular weight excluding hydrogens is 346 g/mol. The van der Waals surface area contributed by atoms with E-state index in [2.05, 4.69) is 0 Å². The molecule has 0 radical (unpaired) electrons. The zero-order valence-corrected chi connectivity index (χ0v) is 16.1. The van der Waals surface area contributed by atoms with E-state index < -0.39 is 10.0 Å². The SMILES string of the molecule is Cc1cccc(CS(=O)(=O)N2CCCC(COCc3ccccc3)C2)c1. The van der Waals surface area contributed by atoms with Crippen LogP contribution in [0, 0.1) is 12.8 Å². The average Bonchev–Trinajstić information content (AvgIpc) is 2.63. The normalized spacial score (nSPS) is 18.7. The molecule has 2 aromatic carbocycles. The quantitative estimate of drug-likeness (QED) is 0.742. The van der Waals surface area contributed by atoms with Gasteiger partial charge in [0, 0.05) is 13.1 Å². The van der Waals surface area contributed by atoms with Crippen LogP contribution in [0.2, 0.25) is 0 Å². The molecule has 4 nitrogen and oxygen atoms in total. The van der Waals surface area contributed by atoms with Gasteiger partial charge in [0.25, 0.3) is 0 Å². The van der Waals surface area contributed by atoms with E-state index in [0.717, 1.165) is 29.5 Å². The molecule has 1 atom stereocenters. The zero-order chi connectivity index (χ0) is 18.4. The van der Waals surface area contributed by atoms with E-state index in [1.165, 1.54) is 0 Å². The maximum Gasteiger partial charge on any atom is 0.218 e. The minimum atomic E-state index is -3.29. The maximum atomic E-state index is 12.8. The lowest BCUT2D eigenvalue weighted by atomic mass is 10.0. The number of nitrogens with zero attached hydrogens (tertiary/aromatic N) is 1. The Bertz CT molecular complexity index is 805. The van der Waals surface area contributed by atoms with Crippen LogP contribution < -0.4 is 0 Å². The lowest BCUT2D eigenvalue weighted by Gasteiger charge is -2.31. The largest absolute Gasteiger partial charge is 0.376 e. The van der Waals surface area contributed by atoms with Gasteiger partial charge in [0.1, 0.15) is 0 Å². The van der Waals surface area contributed by atoms with Crippen molar-refractivity contribution in [3.63, 3.8) is 0 Å². The molecule has 1 unspecified atom stereocenters. The summed E-state index contributed by atoms with van der Waals surface area (Å²) in [5.74, 6) is 0.339. The number of hydrogen-bond acceptors (Lipinski definition) is 3. The molecule has 0 bridgehead atoms. The third-order valence-corrected chi connectivity index (χ3v) is 6.59. The van der Waals surface area contributed by atoms with Crippen molar-refractivity contribution in [2.75, 3.05) is 19.7 Å². The summed E-state index contributed by atoms with van der Waals surface area (Å²) in [5.41, 5.74) is 3.09. The third-order valence-electron chi connectivity index (χ3n) is 4.77. The van der Waals surface area contributed by atoms with Crippen molar-refractivity contribution in [1.82, 2.24) is 4.31 Å². The highest BCUT2D eigenvalue weighted by Gasteiger charge is 2.29. The highest BCUT2D eigenvalue weighted by Crippen LogP contribution is 2.22. The van der Waals surface area contributed by atoms with E-state index in [9.17, 15) is 8.42 Å². The average molecular weight is 374 g/mol. The molecule has 26 heavy (non-hydrogen) atoms. The van der Waals surface area contributed by atoms with Gasteiger partial charge in [-0.25, -0.2) is 12.7 Å². The van der Waals surface area contributed by atoms with Gasteiger partial charge in [-0.1, -0.05) is 60.2 Å². The molecule has 5 heteroatoms. The smallest absolute Gasteiger partial charge is 0.218 e. The number of piperidine rings is 1. The Balaban J connectivity index is 1.53. The molecule has 1 saturated heterocycles. The maximum absolute atomic E-state index is 12.8. The van der Waals surface area contributed by atoms with Gasteiger partial charge >= 0.3 is 0 Å². The lowest BCUT2D eigenvalue weighted by Crippen LogP contribution is -2.41. The zero-order valence-electron chi connectivity index (χ0n) is 15.3. The molecule has 0 spiro atoms. The number of benzene rings is 2. The highest BCUT2D eigenvalue weighted by molar-refractivity contribution is 7.88. The van der Waals surface area contributed by atoms with Gasteiger partial charge in [0.05, 0.1) is 19.0 Å². The summed E-state index contributed by atoms with van der Waals surface area (Å²) in [6.45, 7) is 4.34.